The number of benzene rings is 2. The molecule has 2 nitrogen and oxygen atoms in total. The largest absolute Gasteiger partial charge is 0.301 e. The van der Waals surface area contributed by atoms with Crippen molar-refractivity contribution >= 4 is 12.4 Å². The van der Waals surface area contributed by atoms with Crippen molar-refractivity contribution in [2.75, 3.05) is 13.1 Å². The normalized spacial score (nSPS) is 12.3. The van der Waals surface area contributed by atoms with Gasteiger partial charge in [-0.2, -0.15) is 5.26 Å². The van der Waals surface area contributed by atoms with Gasteiger partial charge in [0.15, 0.2) is 0 Å². The van der Waals surface area contributed by atoms with Crippen LogP contribution in [0, 0.1) is 11.3 Å². The molecule has 0 aliphatic heterocycles. The predicted molar refractivity (Wildman–Crippen MR) is 104 cm³/mol. The molecule has 0 bridgehead atoms. The first kappa shape index (κ1) is 20.2. The average Bonchev–Trinajstić information content (AvgIpc) is 2.62. The Morgan fingerprint density at radius 1 is 0.917 bits per heavy atom. The molecule has 0 radical (unpaired) electrons. The smallest absolute Gasteiger partial charge is 0.109 e. The fourth-order valence-electron chi connectivity index (χ4n) is 3.44. The van der Waals surface area contributed by atoms with Gasteiger partial charge in [-0.1, -0.05) is 74.5 Å². The zero-order valence-electron chi connectivity index (χ0n) is 14.8. The zero-order chi connectivity index (χ0) is 16.7. The molecule has 24 heavy (non-hydrogen) atoms. The zero-order valence-corrected chi connectivity index (χ0v) is 15.6. The van der Waals surface area contributed by atoms with Gasteiger partial charge in [-0.05, 0) is 37.6 Å². The third-order valence-electron chi connectivity index (χ3n) is 4.76. The second kappa shape index (κ2) is 9.47. The predicted octanol–water partition coefficient (Wildman–Crippen LogP) is 5.04. The first-order valence-electron chi connectivity index (χ1n) is 8.44. The van der Waals surface area contributed by atoms with Gasteiger partial charge in [-0.3, -0.25) is 0 Å². The maximum Gasteiger partial charge on any atom is 0.109 e. The summed E-state index contributed by atoms with van der Waals surface area (Å²) < 4.78 is 0. The fourth-order valence-corrected chi connectivity index (χ4v) is 3.44. The van der Waals surface area contributed by atoms with E-state index in [0.717, 1.165) is 30.6 Å². The molecule has 2 aromatic carbocycles. The van der Waals surface area contributed by atoms with Crippen molar-refractivity contribution in [2.24, 2.45) is 0 Å². The summed E-state index contributed by atoms with van der Waals surface area (Å²) >= 11 is 0. The number of hydrogen-bond donors (Lipinski definition) is 0. The third-order valence-corrected chi connectivity index (χ3v) is 4.76. The number of halogens is 1. The highest BCUT2D eigenvalue weighted by Crippen LogP contribution is 2.37. The van der Waals surface area contributed by atoms with Crippen molar-refractivity contribution in [2.45, 2.75) is 38.6 Å². The minimum absolute atomic E-state index is 0. The molecular weight excluding hydrogens is 316 g/mol. The van der Waals surface area contributed by atoms with Crippen LogP contribution in [-0.4, -0.2) is 24.0 Å². The Hall–Kier alpha value is -1.82. The lowest BCUT2D eigenvalue weighted by Crippen LogP contribution is -2.39. The summed E-state index contributed by atoms with van der Waals surface area (Å²) in [6.07, 6.45) is 0.791. The number of rotatable bonds is 7. The summed E-state index contributed by atoms with van der Waals surface area (Å²) in [5.41, 5.74) is 1.55. The van der Waals surface area contributed by atoms with Gasteiger partial charge < -0.3 is 4.90 Å². The molecule has 0 fully saturated rings. The van der Waals surface area contributed by atoms with Crippen LogP contribution < -0.4 is 0 Å². The monoisotopic (exact) mass is 342 g/mol. The van der Waals surface area contributed by atoms with Gasteiger partial charge >= 0.3 is 0 Å². The topological polar surface area (TPSA) is 27.0 Å². The average molecular weight is 343 g/mol. The van der Waals surface area contributed by atoms with Gasteiger partial charge in [0.25, 0.3) is 0 Å². The van der Waals surface area contributed by atoms with Gasteiger partial charge in [-0.15, -0.1) is 12.4 Å². The van der Waals surface area contributed by atoms with E-state index in [1.165, 1.54) is 0 Å². The SMILES string of the molecule is CCN(CC)C(C)CC(C#N)(c1ccccc1)c1ccccc1.Cl. The molecule has 0 aliphatic rings. The summed E-state index contributed by atoms with van der Waals surface area (Å²) in [5, 5.41) is 10.2. The van der Waals surface area contributed by atoms with E-state index in [4.69, 9.17) is 0 Å². The highest BCUT2D eigenvalue weighted by Gasteiger charge is 2.36. The molecule has 0 saturated heterocycles. The Morgan fingerprint density at radius 2 is 1.33 bits per heavy atom. The summed E-state index contributed by atoms with van der Waals surface area (Å²) in [6.45, 7) is 8.59. The molecule has 0 saturated carbocycles. The molecule has 1 atom stereocenters. The van der Waals surface area contributed by atoms with Crippen molar-refractivity contribution in [3.63, 3.8) is 0 Å². The van der Waals surface area contributed by atoms with E-state index >= 15 is 0 Å². The first-order chi connectivity index (χ1) is 11.2. The van der Waals surface area contributed by atoms with E-state index in [1.807, 2.05) is 36.4 Å². The second-order valence-electron chi connectivity index (χ2n) is 6.02. The van der Waals surface area contributed by atoms with Gasteiger partial charge in [-0.25, -0.2) is 0 Å². The molecule has 0 heterocycles. The van der Waals surface area contributed by atoms with Crippen LogP contribution in [0.2, 0.25) is 0 Å². The Morgan fingerprint density at radius 3 is 1.67 bits per heavy atom. The number of hydrogen-bond acceptors (Lipinski definition) is 2. The van der Waals surface area contributed by atoms with Crippen LogP contribution in [0.25, 0.3) is 0 Å². The van der Waals surface area contributed by atoms with Crippen molar-refractivity contribution < 1.29 is 0 Å². The van der Waals surface area contributed by atoms with Gasteiger partial charge in [0.1, 0.15) is 5.41 Å². The highest BCUT2D eigenvalue weighted by molar-refractivity contribution is 5.85. The fraction of sp³-hybridized carbons (Fsp3) is 0.381. The van der Waals surface area contributed by atoms with Crippen molar-refractivity contribution in [1.82, 2.24) is 4.90 Å². The van der Waals surface area contributed by atoms with Crippen LogP contribution >= 0.6 is 12.4 Å². The Labute approximate surface area is 152 Å². The van der Waals surface area contributed by atoms with E-state index < -0.39 is 5.41 Å². The van der Waals surface area contributed by atoms with Gasteiger partial charge in [0, 0.05) is 6.04 Å². The minimum atomic E-state index is -0.607. The number of nitriles is 1. The van der Waals surface area contributed by atoms with Gasteiger partial charge in [0.05, 0.1) is 6.07 Å². The molecule has 3 heteroatoms. The van der Waals surface area contributed by atoms with E-state index in [9.17, 15) is 5.26 Å². The van der Waals surface area contributed by atoms with Crippen LogP contribution in [0.1, 0.15) is 38.3 Å². The summed E-state index contributed by atoms with van der Waals surface area (Å²) in [6, 6.07) is 23.4. The Balaban J connectivity index is 0.00000288. The maximum atomic E-state index is 10.2. The minimum Gasteiger partial charge on any atom is -0.301 e. The van der Waals surface area contributed by atoms with E-state index in [-0.39, 0.29) is 12.4 Å². The third kappa shape index (κ3) is 4.17. The van der Waals surface area contributed by atoms with Crippen molar-refractivity contribution in [3.8, 4) is 6.07 Å². The summed E-state index contributed by atoms with van der Waals surface area (Å²) in [4.78, 5) is 2.41. The molecule has 2 rings (SSSR count). The second-order valence-corrected chi connectivity index (χ2v) is 6.02. The van der Waals surface area contributed by atoms with Crippen LogP contribution in [0.5, 0.6) is 0 Å². The van der Waals surface area contributed by atoms with E-state index in [2.05, 4.69) is 56.0 Å². The van der Waals surface area contributed by atoms with Gasteiger partial charge in [0.2, 0.25) is 0 Å². The molecule has 0 amide bonds. The van der Waals surface area contributed by atoms with Crippen LogP contribution in [0.15, 0.2) is 60.7 Å². The Kier molecular flexibility index (Phi) is 7.98. The highest BCUT2D eigenvalue weighted by atomic mass is 35.5. The molecule has 128 valence electrons. The molecule has 0 aliphatic carbocycles. The molecule has 0 aromatic heterocycles. The molecule has 0 spiro atoms. The Bertz CT molecular complexity index is 590. The lowest BCUT2D eigenvalue weighted by molar-refractivity contribution is 0.206. The molecule has 1 unspecified atom stereocenters. The van der Waals surface area contributed by atoms with Crippen molar-refractivity contribution in [1.29, 1.82) is 5.26 Å². The molecular formula is C21H27ClN2. The quantitative estimate of drug-likeness (QED) is 0.705. The van der Waals surface area contributed by atoms with Crippen LogP contribution in [-0.2, 0) is 5.41 Å². The summed E-state index contributed by atoms with van der Waals surface area (Å²) in [7, 11) is 0. The molecule has 0 N–H and O–H groups in total. The standard InChI is InChI=1S/C21H26N2.ClH/c1-4-23(5-2)18(3)16-21(17-22,19-12-8-6-9-13-19)20-14-10-7-11-15-20;/h6-15,18H,4-5,16H2,1-3H3;1H. The maximum absolute atomic E-state index is 10.2. The molecule has 2 aromatic rings. The van der Waals surface area contributed by atoms with Crippen LogP contribution in [0.3, 0.4) is 0 Å². The van der Waals surface area contributed by atoms with Crippen molar-refractivity contribution in [3.05, 3.63) is 71.8 Å². The number of nitrogens with zero attached hydrogens (tertiary/aromatic N) is 2. The van der Waals surface area contributed by atoms with E-state index in [0.29, 0.717) is 6.04 Å². The first-order valence-corrected chi connectivity index (χ1v) is 8.44. The summed E-state index contributed by atoms with van der Waals surface area (Å²) in [5.74, 6) is 0. The lowest BCUT2D eigenvalue weighted by Gasteiger charge is -2.35. The van der Waals surface area contributed by atoms with Crippen LogP contribution in [0.4, 0.5) is 0 Å². The lowest BCUT2D eigenvalue weighted by atomic mass is 9.71. The van der Waals surface area contributed by atoms with E-state index in [1.54, 1.807) is 0 Å².